The number of hydrogen-bond acceptors (Lipinski definition) is 4. The summed E-state index contributed by atoms with van der Waals surface area (Å²) >= 11 is 1.82. The van der Waals surface area contributed by atoms with Crippen LogP contribution in [0.2, 0.25) is 0 Å². The molecule has 0 fully saturated rings. The Balaban J connectivity index is 1.23. The summed E-state index contributed by atoms with van der Waals surface area (Å²) in [5.41, 5.74) is 6.16. The maximum Gasteiger partial charge on any atom is 0.138 e. The lowest BCUT2D eigenvalue weighted by atomic mass is 10.0. The van der Waals surface area contributed by atoms with Gasteiger partial charge in [-0.2, -0.15) is 0 Å². The van der Waals surface area contributed by atoms with Gasteiger partial charge in [-0.1, -0.05) is 91.0 Å². The second-order valence-electron chi connectivity index (χ2n) is 10.8. The molecule has 0 saturated carbocycles. The zero-order valence-electron chi connectivity index (χ0n) is 23.1. The fraction of sp³-hybridized carbons (Fsp3) is 0. The molecule has 3 heterocycles. The molecule has 3 aromatic heterocycles. The van der Waals surface area contributed by atoms with Crippen LogP contribution in [0.5, 0.6) is 0 Å². The molecule has 0 radical (unpaired) electrons. The van der Waals surface area contributed by atoms with Gasteiger partial charge in [-0.25, -0.2) is 4.98 Å². The van der Waals surface area contributed by atoms with Crippen LogP contribution in [-0.4, -0.2) is 4.98 Å². The molecule has 0 bridgehead atoms. The molecule has 0 saturated heterocycles. The van der Waals surface area contributed by atoms with Crippen LogP contribution in [0.25, 0.3) is 64.0 Å². The number of para-hydroxylation sites is 1. The fourth-order valence-electron chi connectivity index (χ4n) is 6.25. The maximum atomic E-state index is 6.30. The number of pyridine rings is 1. The number of aromatic nitrogens is 1. The molecule has 0 atom stereocenters. The summed E-state index contributed by atoms with van der Waals surface area (Å²) in [6, 6.07) is 49.1. The van der Waals surface area contributed by atoms with Crippen molar-refractivity contribution in [3.05, 3.63) is 146 Å². The highest BCUT2D eigenvalue weighted by atomic mass is 32.1. The van der Waals surface area contributed by atoms with Crippen LogP contribution < -0.4 is 4.90 Å². The topological polar surface area (TPSA) is 29.3 Å². The van der Waals surface area contributed by atoms with E-state index in [0.29, 0.717) is 0 Å². The zero-order chi connectivity index (χ0) is 28.3. The van der Waals surface area contributed by atoms with Gasteiger partial charge in [-0.3, -0.25) is 4.90 Å². The molecule has 6 aromatic carbocycles. The Morgan fingerprint density at radius 1 is 0.512 bits per heavy atom. The number of fused-ring (bicyclic) bond motifs is 8. The van der Waals surface area contributed by atoms with Gasteiger partial charge in [0.1, 0.15) is 17.0 Å². The average molecular weight is 569 g/mol. The van der Waals surface area contributed by atoms with Crippen molar-refractivity contribution in [1.82, 2.24) is 4.98 Å². The van der Waals surface area contributed by atoms with E-state index in [4.69, 9.17) is 9.40 Å². The third-order valence-corrected chi connectivity index (χ3v) is 9.43. The molecule has 0 spiro atoms. The molecule has 9 aromatic rings. The van der Waals surface area contributed by atoms with Gasteiger partial charge in [0.15, 0.2) is 0 Å². The monoisotopic (exact) mass is 568 g/mol. The lowest BCUT2D eigenvalue weighted by Gasteiger charge is -2.24. The third-order valence-electron chi connectivity index (χ3n) is 8.31. The van der Waals surface area contributed by atoms with Gasteiger partial charge in [0.25, 0.3) is 0 Å². The van der Waals surface area contributed by atoms with Crippen molar-refractivity contribution in [2.75, 3.05) is 4.90 Å². The Kier molecular flexibility index (Phi) is 5.37. The molecule has 9 rings (SSSR count). The van der Waals surface area contributed by atoms with Crippen LogP contribution >= 0.6 is 11.3 Å². The summed E-state index contributed by atoms with van der Waals surface area (Å²) in [4.78, 5) is 7.32. The molecule has 0 amide bonds. The van der Waals surface area contributed by atoms with Crippen LogP contribution in [-0.2, 0) is 0 Å². The van der Waals surface area contributed by atoms with Gasteiger partial charge in [-0.05, 0) is 64.4 Å². The first-order valence-corrected chi connectivity index (χ1v) is 15.2. The number of nitrogens with zero attached hydrogens (tertiary/aromatic N) is 2. The molecule has 43 heavy (non-hydrogen) atoms. The number of thiophene rings is 1. The molecule has 0 unspecified atom stereocenters. The van der Waals surface area contributed by atoms with Gasteiger partial charge in [0, 0.05) is 48.9 Å². The van der Waals surface area contributed by atoms with E-state index in [0.717, 1.165) is 39.1 Å². The highest BCUT2D eigenvalue weighted by Crippen LogP contribution is 2.43. The number of benzene rings is 6. The summed E-state index contributed by atoms with van der Waals surface area (Å²) in [6.45, 7) is 0. The summed E-state index contributed by atoms with van der Waals surface area (Å²) in [5, 5.41) is 7.22. The second-order valence-corrected chi connectivity index (χ2v) is 11.9. The Labute approximate surface area is 251 Å². The maximum absolute atomic E-state index is 6.30. The van der Waals surface area contributed by atoms with Gasteiger partial charge in [0.05, 0.1) is 5.69 Å². The summed E-state index contributed by atoms with van der Waals surface area (Å²) in [5.74, 6) is 0.867. The first-order chi connectivity index (χ1) is 21.3. The molecule has 202 valence electrons. The van der Waals surface area contributed by atoms with E-state index in [1.54, 1.807) is 0 Å². The number of furan rings is 1. The Morgan fingerprint density at radius 3 is 2.12 bits per heavy atom. The van der Waals surface area contributed by atoms with Gasteiger partial charge in [-0.15, -0.1) is 11.3 Å². The molecule has 0 aliphatic heterocycles. The highest BCUT2D eigenvalue weighted by molar-refractivity contribution is 7.26. The van der Waals surface area contributed by atoms with E-state index in [-0.39, 0.29) is 0 Å². The van der Waals surface area contributed by atoms with E-state index in [2.05, 4.69) is 126 Å². The van der Waals surface area contributed by atoms with Gasteiger partial charge >= 0.3 is 0 Å². The number of anilines is 3. The third kappa shape index (κ3) is 3.92. The van der Waals surface area contributed by atoms with Gasteiger partial charge in [0.2, 0.25) is 0 Å². The highest BCUT2D eigenvalue weighted by Gasteiger charge is 2.19. The van der Waals surface area contributed by atoms with Crippen molar-refractivity contribution in [1.29, 1.82) is 0 Å². The Bertz CT molecular complexity index is 2460. The van der Waals surface area contributed by atoms with Crippen molar-refractivity contribution >= 4 is 81.4 Å². The first-order valence-electron chi connectivity index (χ1n) is 14.4. The smallest absolute Gasteiger partial charge is 0.138 e. The van der Waals surface area contributed by atoms with E-state index in [9.17, 15) is 0 Å². The largest absolute Gasteiger partial charge is 0.456 e. The zero-order valence-corrected chi connectivity index (χ0v) is 23.9. The molecule has 0 aliphatic rings. The second kappa shape index (κ2) is 9.55. The number of hydrogen-bond donors (Lipinski definition) is 0. The Hall–Kier alpha value is -5.45. The molecular formula is C39H24N2OS. The van der Waals surface area contributed by atoms with Crippen molar-refractivity contribution in [2.24, 2.45) is 0 Å². The fourth-order valence-corrected chi connectivity index (χ4v) is 7.38. The van der Waals surface area contributed by atoms with Crippen LogP contribution in [0.1, 0.15) is 0 Å². The first kappa shape index (κ1) is 24.2. The number of rotatable bonds is 4. The predicted octanol–water partition coefficient (Wildman–Crippen LogP) is 11.6. The van der Waals surface area contributed by atoms with Gasteiger partial charge < -0.3 is 4.42 Å². The van der Waals surface area contributed by atoms with Crippen LogP contribution in [0.15, 0.2) is 150 Å². The summed E-state index contributed by atoms with van der Waals surface area (Å²) in [7, 11) is 0. The lowest BCUT2D eigenvalue weighted by molar-refractivity contribution is 0.669. The Morgan fingerprint density at radius 2 is 1.23 bits per heavy atom. The van der Waals surface area contributed by atoms with E-state index in [1.165, 1.54) is 42.1 Å². The van der Waals surface area contributed by atoms with Crippen LogP contribution in [0, 0.1) is 0 Å². The molecular weight excluding hydrogens is 545 g/mol. The molecule has 4 heteroatoms. The average Bonchev–Trinajstić information content (AvgIpc) is 3.63. The summed E-state index contributed by atoms with van der Waals surface area (Å²) < 4.78 is 8.79. The van der Waals surface area contributed by atoms with E-state index < -0.39 is 0 Å². The lowest BCUT2D eigenvalue weighted by Crippen LogP contribution is -2.11. The van der Waals surface area contributed by atoms with Crippen LogP contribution in [0.3, 0.4) is 0 Å². The van der Waals surface area contributed by atoms with E-state index >= 15 is 0 Å². The normalized spacial score (nSPS) is 11.7. The molecule has 0 aliphatic carbocycles. The molecule has 3 nitrogen and oxygen atoms in total. The van der Waals surface area contributed by atoms with Crippen molar-refractivity contribution in [3.8, 4) is 11.1 Å². The van der Waals surface area contributed by atoms with Crippen molar-refractivity contribution in [3.63, 3.8) is 0 Å². The predicted molar refractivity (Wildman–Crippen MR) is 182 cm³/mol. The minimum Gasteiger partial charge on any atom is -0.456 e. The van der Waals surface area contributed by atoms with Crippen LogP contribution in [0.4, 0.5) is 17.2 Å². The standard InChI is InChI=1S/C39H24N2OS/c1-2-8-25(9-3-1)26-14-17-28(18-15-26)41(29-19-20-32-31-12-6-7-13-34(31)42-35(32)22-29)38-23-37-33(24-40-38)39-30-11-5-4-10-27(30)16-21-36(39)43-37/h1-24H. The quantitative estimate of drug-likeness (QED) is 0.211. The SMILES string of the molecule is c1ccc(-c2ccc(N(c3ccc4c(c3)oc3ccccc34)c3cc4sc5ccc6ccccc6c5c4cn3)cc2)cc1. The van der Waals surface area contributed by atoms with E-state index in [1.807, 2.05) is 35.7 Å². The minimum atomic E-state index is 0.860. The molecule has 0 N–H and O–H groups in total. The van der Waals surface area contributed by atoms with Crippen molar-refractivity contribution < 1.29 is 4.42 Å². The minimum absolute atomic E-state index is 0.860. The van der Waals surface area contributed by atoms with Crippen molar-refractivity contribution in [2.45, 2.75) is 0 Å². The summed E-state index contributed by atoms with van der Waals surface area (Å²) in [6.07, 6.45) is 2.04.